The molecule has 0 aliphatic carbocycles. The van der Waals surface area contributed by atoms with Crippen molar-refractivity contribution in [3.63, 3.8) is 0 Å². The van der Waals surface area contributed by atoms with Crippen molar-refractivity contribution < 1.29 is 5.11 Å². The number of aliphatic hydroxyl groups excluding tert-OH is 1. The third-order valence-electron chi connectivity index (χ3n) is 3.34. The van der Waals surface area contributed by atoms with E-state index < -0.39 is 6.10 Å². The van der Waals surface area contributed by atoms with Gasteiger partial charge in [0.05, 0.1) is 11.8 Å². The Labute approximate surface area is 138 Å². The minimum absolute atomic E-state index is 0.330. The molecule has 118 valence electrons. The SMILES string of the molecule is Cc1ccn(-c2ccc(NCC(O)c3ccc(Cl)cc3)nn2)n1. The molecule has 2 N–H and O–H groups in total. The lowest BCUT2D eigenvalue weighted by Gasteiger charge is -2.12. The number of benzene rings is 1. The van der Waals surface area contributed by atoms with Crippen molar-refractivity contribution in [3.05, 3.63) is 64.9 Å². The van der Waals surface area contributed by atoms with Crippen LogP contribution in [-0.2, 0) is 0 Å². The predicted molar refractivity (Wildman–Crippen MR) is 88.8 cm³/mol. The summed E-state index contributed by atoms with van der Waals surface area (Å²) in [4.78, 5) is 0. The number of anilines is 1. The van der Waals surface area contributed by atoms with Gasteiger partial charge in [0, 0.05) is 17.8 Å². The van der Waals surface area contributed by atoms with Crippen LogP contribution in [0.5, 0.6) is 0 Å². The molecule has 0 aliphatic rings. The highest BCUT2D eigenvalue weighted by Crippen LogP contribution is 2.17. The number of nitrogens with one attached hydrogen (secondary N) is 1. The molecule has 1 atom stereocenters. The molecular formula is C16H16ClN5O. The molecule has 0 amide bonds. The van der Waals surface area contributed by atoms with E-state index in [2.05, 4.69) is 20.6 Å². The van der Waals surface area contributed by atoms with Gasteiger partial charge in [0.25, 0.3) is 0 Å². The van der Waals surface area contributed by atoms with Gasteiger partial charge < -0.3 is 10.4 Å². The third kappa shape index (κ3) is 3.85. The average molecular weight is 330 g/mol. The summed E-state index contributed by atoms with van der Waals surface area (Å²) in [7, 11) is 0. The maximum absolute atomic E-state index is 10.1. The Morgan fingerprint density at radius 1 is 1.13 bits per heavy atom. The summed E-state index contributed by atoms with van der Waals surface area (Å²) >= 11 is 5.83. The molecule has 0 fully saturated rings. The van der Waals surface area contributed by atoms with Crippen LogP contribution in [-0.4, -0.2) is 31.6 Å². The molecule has 7 heteroatoms. The van der Waals surface area contributed by atoms with Crippen molar-refractivity contribution >= 4 is 17.4 Å². The first-order chi connectivity index (χ1) is 11.1. The topological polar surface area (TPSA) is 75.9 Å². The van der Waals surface area contributed by atoms with E-state index in [0.717, 1.165) is 11.3 Å². The second kappa shape index (κ2) is 6.76. The van der Waals surface area contributed by atoms with Gasteiger partial charge in [0.15, 0.2) is 5.82 Å². The Kier molecular flexibility index (Phi) is 4.55. The number of rotatable bonds is 5. The van der Waals surface area contributed by atoms with Gasteiger partial charge in [-0.1, -0.05) is 23.7 Å². The number of aliphatic hydroxyl groups is 1. The van der Waals surface area contributed by atoms with Crippen LogP contribution in [0.3, 0.4) is 0 Å². The van der Waals surface area contributed by atoms with Gasteiger partial charge >= 0.3 is 0 Å². The maximum atomic E-state index is 10.1. The van der Waals surface area contributed by atoms with E-state index in [0.29, 0.717) is 23.2 Å². The molecular weight excluding hydrogens is 314 g/mol. The van der Waals surface area contributed by atoms with Gasteiger partial charge in [-0.15, -0.1) is 10.2 Å². The summed E-state index contributed by atoms with van der Waals surface area (Å²) in [6, 6.07) is 12.6. The molecule has 1 unspecified atom stereocenters. The van der Waals surface area contributed by atoms with E-state index in [1.807, 2.05) is 25.3 Å². The van der Waals surface area contributed by atoms with Crippen LogP contribution in [0.1, 0.15) is 17.4 Å². The predicted octanol–water partition coefficient (Wildman–Crippen LogP) is 2.77. The van der Waals surface area contributed by atoms with E-state index in [-0.39, 0.29) is 0 Å². The number of aromatic nitrogens is 4. The highest BCUT2D eigenvalue weighted by Gasteiger charge is 2.08. The monoisotopic (exact) mass is 329 g/mol. The quantitative estimate of drug-likeness (QED) is 0.752. The van der Waals surface area contributed by atoms with Crippen molar-refractivity contribution in [1.82, 2.24) is 20.0 Å². The molecule has 0 bridgehead atoms. The molecule has 0 spiro atoms. The third-order valence-corrected chi connectivity index (χ3v) is 3.59. The fourth-order valence-electron chi connectivity index (χ4n) is 2.09. The molecule has 0 aliphatic heterocycles. The molecule has 0 radical (unpaired) electrons. The van der Waals surface area contributed by atoms with Crippen molar-refractivity contribution in [2.24, 2.45) is 0 Å². The van der Waals surface area contributed by atoms with E-state index in [1.54, 1.807) is 35.0 Å². The van der Waals surface area contributed by atoms with Crippen molar-refractivity contribution in [2.75, 3.05) is 11.9 Å². The number of hydrogen-bond donors (Lipinski definition) is 2. The minimum Gasteiger partial charge on any atom is -0.387 e. The van der Waals surface area contributed by atoms with Crippen LogP contribution in [0.25, 0.3) is 5.82 Å². The second-order valence-corrected chi connectivity index (χ2v) is 5.56. The Bertz CT molecular complexity index is 770. The zero-order chi connectivity index (χ0) is 16.2. The van der Waals surface area contributed by atoms with Crippen LogP contribution >= 0.6 is 11.6 Å². The standard InChI is InChI=1S/C16H16ClN5O/c1-11-8-9-22(21-11)16-7-6-15(19-20-16)18-10-14(23)12-2-4-13(17)5-3-12/h2-9,14,23H,10H2,1H3,(H,18,19). The molecule has 6 nitrogen and oxygen atoms in total. The lowest BCUT2D eigenvalue weighted by atomic mass is 10.1. The van der Waals surface area contributed by atoms with Gasteiger partial charge in [0.1, 0.15) is 5.82 Å². The van der Waals surface area contributed by atoms with E-state index in [1.165, 1.54) is 0 Å². The van der Waals surface area contributed by atoms with Crippen molar-refractivity contribution in [2.45, 2.75) is 13.0 Å². The van der Waals surface area contributed by atoms with Gasteiger partial charge in [0.2, 0.25) is 0 Å². The fourth-order valence-corrected chi connectivity index (χ4v) is 2.21. The number of nitrogens with zero attached hydrogens (tertiary/aromatic N) is 4. The largest absolute Gasteiger partial charge is 0.387 e. The van der Waals surface area contributed by atoms with Crippen LogP contribution in [0.15, 0.2) is 48.7 Å². The summed E-state index contributed by atoms with van der Waals surface area (Å²) in [5.74, 6) is 1.23. The Morgan fingerprint density at radius 2 is 1.91 bits per heavy atom. The van der Waals surface area contributed by atoms with E-state index >= 15 is 0 Å². The molecule has 3 aromatic rings. The first kappa shape index (κ1) is 15.5. The van der Waals surface area contributed by atoms with Crippen LogP contribution in [0.4, 0.5) is 5.82 Å². The smallest absolute Gasteiger partial charge is 0.175 e. The first-order valence-electron chi connectivity index (χ1n) is 7.15. The minimum atomic E-state index is -0.650. The van der Waals surface area contributed by atoms with E-state index in [9.17, 15) is 5.11 Å². The Hall–Kier alpha value is -2.44. The average Bonchev–Trinajstić information content (AvgIpc) is 3.00. The number of halogens is 1. The molecule has 0 saturated carbocycles. The summed E-state index contributed by atoms with van der Waals surface area (Å²) in [6.07, 6.45) is 1.18. The summed E-state index contributed by atoms with van der Waals surface area (Å²) in [5, 5.41) is 26.3. The number of aryl methyl sites for hydroxylation is 1. The molecule has 2 aromatic heterocycles. The highest BCUT2D eigenvalue weighted by molar-refractivity contribution is 6.30. The van der Waals surface area contributed by atoms with Crippen molar-refractivity contribution in [3.8, 4) is 5.82 Å². The first-order valence-corrected chi connectivity index (χ1v) is 7.53. The zero-order valence-corrected chi connectivity index (χ0v) is 13.3. The van der Waals surface area contributed by atoms with Crippen LogP contribution < -0.4 is 5.32 Å². The van der Waals surface area contributed by atoms with Gasteiger partial charge in [-0.3, -0.25) is 0 Å². The lowest BCUT2D eigenvalue weighted by Crippen LogP contribution is -2.13. The van der Waals surface area contributed by atoms with Gasteiger partial charge in [-0.2, -0.15) is 5.10 Å². The molecule has 23 heavy (non-hydrogen) atoms. The number of hydrogen-bond acceptors (Lipinski definition) is 5. The molecule has 2 heterocycles. The van der Waals surface area contributed by atoms with Gasteiger partial charge in [-0.05, 0) is 42.8 Å². The summed E-state index contributed by atoms with van der Waals surface area (Å²) in [5.41, 5.74) is 1.71. The second-order valence-electron chi connectivity index (χ2n) is 5.13. The Balaban J connectivity index is 1.61. The van der Waals surface area contributed by atoms with Crippen LogP contribution in [0, 0.1) is 6.92 Å². The summed E-state index contributed by atoms with van der Waals surface area (Å²) in [6.45, 7) is 2.24. The van der Waals surface area contributed by atoms with Crippen molar-refractivity contribution in [1.29, 1.82) is 0 Å². The molecule has 3 rings (SSSR count). The Morgan fingerprint density at radius 3 is 2.52 bits per heavy atom. The normalized spacial score (nSPS) is 12.1. The molecule has 1 aromatic carbocycles. The van der Waals surface area contributed by atoms with Gasteiger partial charge in [-0.25, -0.2) is 4.68 Å². The van der Waals surface area contributed by atoms with E-state index in [4.69, 9.17) is 11.6 Å². The highest BCUT2D eigenvalue weighted by atomic mass is 35.5. The van der Waals surface area contributed by atoms with Crippen LogP contribution in [0.2, 0.25) is 5.02 Å². The fraction of sp³-hybridized carbons (Fsp3) is 0.188. The summed E-state index contributed by atoms with van der Waals surface area (Å²) < 4.78 is 1.66. The zero-order valence-electron chi connectivity index (χ0n) is 12.5. The lowest BCUT2D eigenvalue weighted by molar-refractivity contribution is 0.191. The maximum Gasteiger partial charge on any atom is 0.175 e. The molecule has 0 saturated heterocycles.